The second-order valence-corrected chi connectivity index (χ2v) is 10.1. The van der Waals surface area contributed by atoms with Crippen LogP contribution in [0.4, 0.5) is 10.1 Å². The van der Waals surface area contributed by atoms with E-state index in [1.54, 1.807) is 0 Å². The zero-order valence-electron chi connectivity index (χ0n) is 17.6. The van der Waals surface area contributed by atoms with Gasteiger partial charge in [-0.25, -0.2) is 17.5 Å². The third kappa shape index (κ3) is 4.97. The van der Waals surface area contributed by atoms with Gasteiger partial charge >= 0.3 is 0 Å². The Hall–Kier alpha value is -2.29. The van der Waals surface area contributed by atoms with Crippen molar-refractivity contribution in [2.45, 2.75) is 49.6 Å². The molecule has 8 heteroatoms. The fourth-order valence-electron chi connectivity index (χ4n) is 4.45. The Labute approximate surface area is 183 Å². The van der Waals surface area contributed by atoms with Crippen molar-refractivity contribution < 1.29 is 17.6 Å². The summed E-state index contributed by atoms with van der Waals surface area (Å²) in [4.78, 5) is 17.2. The molecule has 31 heavy (non-hydrogen) atoms. The van der Waals surface area contributed by atoms with Crippen LogP contribution in [0, 0.1) is 5.82 Å². The molecule has 1 N–H and O–H groups in total. The lowest BCUT2D eigenvalue weighted by atomic mass is 9.96. The van der Waals surface area contributed by atoms with Crippen molar-refractivity contribution in [3.8, 4) is 0 Å². The molecule has 2 aliphatic heterocycles. The predicted molar refractivity (Wildman–Crippen MR) is 118 cm³/mol. The molecule has 1 atom stereocenters. The Morgan fingerprint density at radius 1 is 1.06 bits per heavy atom. The van der Waals surface area contributed by atoms with E-state index in [-0.39, 0.29) is 22.9 Å². The standard InChI is InChI=1S/C23H28FN3O3S/c1-17-6-7-18-4-2-3-5-22(18)27(17)23(28)16-26-14-12-20(13-15-26)25-31(29,30)21-10-8-19(24)9-11-21/h2-5,8-11,17,20,25H,6-7,12-16H2,1H3. The van der Waals surface area contributed by atoms with E-state index in [4.69, 9.17) is 0 Å². The number of fused-ring (bicyclic) bond motifs is 1. The van der Waals surface area contributed by atoms with Gasteiger partial charge in [0, 0.05) is 30.9 Å². The number of sulfonamides is 1. The normalized spacial score (nSPS) is 20.5. The minimum absolute atomic E-state index is 0.0595. The van der Waals surface area contributed by atoms with E-state index in [1.165, 1.54) is 17.7 Å². The minimum atomic E-state index is -3.69. The molecule has 0 spiro atoms. The van der Waals surface area contributed by atoms with Gasteiger partial charge in [-0.15, -0.1) is 0 Å². The highest BCUT2D eigenvalue weighted by Gasteiger charge is 2.31. The number of rotatable bonds is 5. The summed E-state index contributed by atoms with van der Waals surface area (Å²) in [5.74, 6) is -0.382. The van der Waals surface area contributed by atoms with Crippen LogP contribution in [0.2, 0.25) is 0 Å². The summed E-state index contributed by atoms with van der Waals surface area (Å²) in [7, 11) is -3.69. The first-order valence-electron chi connectivity index (χ1n) is 10.7. The SMILES string of the molecule is CC1CCc2ccccc2N1C(=O)CN1CCC(NS(=O)(=O)c2ccc(F)cc2)CC1. The van der Waals surface area contributed by atoms with E-state index in [0.29, 0.717) is 32.5 Å². The number of amides is 1. The average molecular weight is 446 g/mol. The number of hydrogen-bond donors (Lipinski definition) is 1. The Balaban J connectivity index is 1.33. The second-order valence-electron chi connectivity index (χ2n) is 8.41. The number of likely N-dealkylation sites (tertiary alicyclic amines) is 1. The van der Waals surface area contributed by atoms with Crippen LogP contribution in [0.5, 0.6) is 0 Å². The van der Waals surface area contributed by atoms with Crippen molar-refractivity contribution in [2.24, 2.45) is 0 Å². The zero-order valence-corrected chi connectivity index (χ0v) is 18.4. The lowest BCUT2D eigenvalue weighted by Gasteiger charge is -2.38. The molecule has 2 heterocycles. The molecule has 6 nitrogen and oxygen atoms in total. The zero-order chi connectivity index (χ0) is 22.0. The van der Waals surface area contributed by atoms with Crippen LogP contribution in [0.25, 0.3) is 0 Å². The number of nitrogens with one attached hydrogen (secondary N) is 1. The van der Waals surface area contributed by atoms with Crippen LogP contribution in [0.3, 0.4) is 0 Å². The monoisotopic (exact) mass is 445 g/mol. The number of anilines is 1. The van der Waals surface area contributed by atoms with Crippen molar-refractivity contribution in [2.75, 3.05) is 24.5 Å². The van der Waals surface area contributed by atoms with Crippen LogP contribution in [-0.2, 0) is 21.2 Å². The van der Waals surface area contributed by atoms with Crippen molar-refractivity contribution in [3.63, 3.8) is 0 Å². The van der Waals surface area contributed by atoms with E-state index in [1.807, 2.05) is 23.1 Å². The summed E-state index contributed by atoms with van der Waals surface area (Å²) >= 11 is 0. The van der Waals surface area contributed by atoms with Crippen molar-refractivity contribution >= 4 is 21.6 Å². The van der Waals surface area contributed by atoms with E-state index >= 15 is 0 Å². The highest BCUT2D eigenvalue weighted by Crippen LogP contribution is 2.30. The van der Waals surface area contributed by atoms with Gasteiger partial charge < -0.3 is 4.90 Å². The molecule has 1 saturated heterocycles. The molecule has 0 aromatic heterocycles. The highest BCUT2D eigenvalue weighted by molar-refractivity contribution is 7.89. The van der Waals surface area contributed by atoms with Crippen LogP contribution in [-0.4, -0.2) is 50.9 Å². The lowest BCUT2D eigenvalue weighted by Crippen LogP contribution is -2.50. The van der Waals surface area contributed by atoms with Gasteiger partial charge in [0.2, 0.25) is 15.9 Å². The summed E-state index contributed by atoms with van der Waals surface area (Å²) in [6.07, 6.45) is 3.19. The predicted octanol–water partition coefficient (Wildman–Crippen LogP) is 2.94. The molecular formula is C23H28FN3O3S. The first kappa shape index (κ1) is 21.9. The van der Waals surface area contributed by atoms with Gasteiger partial charge in [-0.05, 0) is 68.5 Å². The first-order valence-corrected chi connectivity index (χ1v) is 12.2. The quantitative estimate of drug-likeness (QED) is 0.768. The van der Waals surface area contributed by atoms with E-state index in [2.05, 4.69) is 22.6 Å². The lowest BCUT2D eigenvalue weighted by molar-refractivity contribution is -0.120. The number of aryl methyl sites for hydroxylation is 1. The average Bonchev–Trinajstić information content (AvgIpc) is 2.75. The van der Waals surface area contributed by atoms with Gasteiger partial charge in [-0.3, -0.25) is 9.69 Å². The third-order valence-corrected chi connectivity index (χ3v) is 7.72. The number of piperidine rings is 1. The maximum atomic E-state index is 13.1. The molecular weight excluding hydrogens is 417 g/mol. The summed E-state index contributed by atoms with van der Waals surface area (Å²) in [5.41, 5.74) is 2.22. The number of benzene rings is 2. The van der Waals surface area contributed by atoms with Crippen molar-refractivity contribution in [3.05, 3.63) is 59.9 Å². The fourth-order valence-corrected chi connectivity index (χ4v) is 5.75. The molecule has 0 aliphatic carbocycles. The molecule has 2 aromatic carbocycles. The topological polar surface area (TPSA) is 69.7 Å². The smallest absolute Gasteiger partial charge is 0.241 e. The largest absolute Gasteiger partial charge is 0.308 e. The van der Waals surface area contributed by atoms with Gasteiger partial charge in [0.25, 0.3) is 0 Å². The molecule has 2 aromatic rings. The van der Waals surface area contributed by atoms with Gasteiger partial charge in [0.1, 0.15) is 5.82 Å². The molecule has 4 rings (SSSR count). The van der Waals surface area contributed by atoms with Gasteiger partial charge in [0.05, 0.1) is 11.4 Å². The second kappa shape index (κ2) is 9.06. The molecule has 0 saturated carbocycles. The number of hydrogen-bond acceptors (Lipinski definition) is 4. The van der Waals surface area contributed by atoms with Crippen LogP contribution < -0.4 is 9.62 Å². The van der Waals surface area contributed by atoms with Crippen LogP contribution in [0.15, 0.2) is 53.4 Å². The summed E-state index contributed by atoms with van der Waals surface area (Å²) < 4.78 is 40.8. The van der Waals surface area contributed by atoms with E-state index in [0.717, 1.165) is 30.7 Å². The van der Waals surface area contributed by atoms with Crippen LogP contribution in [0.1, 0.15) is 31.7 Å². The Morgan fingerprint density at radius 2 is 1.74 bits per heavy atom. The Kier molecular flexibility index (Phi) is 6.41. The van der Waals surface area contributed by atoms with Crippen LogP contribution >= 0.6 is 0 Å². The van der Waals surface area contributed by atoms with Gasteiger partial charge in [-0.1, -0.05) is 18.2 Å². The molecule has 2 aliphatic rings. The minimum Gasteiger partial charge on any atom is -0.308 e. The number of para-hydroxylation sites is 1. The Morgan fingerprint density at radius 3 is 2.45 bits per heavy atom. The molecule has 166 valence electrons. The molecule has 1 amide bonds. The highest BCUT2D eigenvalue weighted by atomic mass is 32.2. The van der Waals surface area contributed by atoms with E-state index in [9.17, 15) is 17.6 Å². The maximum absolute atomic E-state index is 13.1. The van der Waals surface area contributed by atoms with Gasteiger partial charge in [0.15, 0.2) is 0 Å². The number of nitrogens with zero attached hydrogens (tertiary/aromatic N) is 2. The molecule has 0 bridgehead atoms. The summed E-state index contributed by atoms with van der Waals surface area (Å²) in [6, 6.07) is 12.9. The van der Waals surface area contributed by atoms with Crippen molar-refractivity contribution in [1.29, 1.82) is 0 Å². The van der Waals surface area contributed by atoms with Crippen molar-refractivity contribution in [1.82, 2.24) is 9.62 Å². The Bertz CT molecular complexity index is 1030. The maximum Gasteiger partial charge on any atom is 0.241 e. The first-order chi connectivity index (χ1) is 14.8. The molecule has 0 radical (unpaired) electrons. The third-order valence-electron chi connectivity index (χ3n) is 6.18. The van der Waals surface area contributed by atoms with E-state index < -0.39 is 15.8 Å². The summed E-state index contributed by atoms with van der Waals surface area (Å²) in [6.45, 7) is 3.71. The number of carbonyl (C=O) groups is 1. The van der Waals surface area contributed by atoms with Gasteiger partial charge in [-0.2, -0.15) is 0 Å². The molecule has 1 fully saturated rings. The number of carbonyl (C=O) groups excluding carboxylic acids is 1. The number of halogens is 1. The fraction of sp³-hybridized carbons (Fsp3) is 0.435. The molecule has 1 unspecified atom stereocenters. The summed E-state index contributed by atoms with van der Waals surface area (Å²) in [5, 5.41) is 0.